The van der Waals surface area contributed by atoms with Gasteiger partial charge >= 0.3 is 5.97 Å². The van der Waals surface area contributed by atoms with Crippen LogP contribution in [0.1, 0.15) is 196 Å². The molecule has 1 fully saturated rings. The molecule has 0 radical (unpaired) electrons. The van der Waals surface area contributed by atoms with E-state index < -0.39 is 0 Å². The highest BCUT2D eigenvalue weighted by Crippen LogP contribution is 2.30. The lowest BCUT2D eigenvalue weighted by molar-refractivity contribution is -0.163. The molecule has 0 heterocycles. The van der Waals surface area contributed by atoms with Gasteiger partial charge in [0.2, 0.25) is 0 Å². The van der Waals surface area contributed by atoms with Gasteiger partial charge in [-0.25, -0.2) is 0 Å². The van der Waals surface area contributed by atoms with Crippen LogP contribution in [0.2, 0.25) is 0 Å². The summed E-state index contributed by atoms with van der Waals surface area (Å²) in [6.07, 6.45) is 30.6. The number of rotatable bonds is 38. The van der Waals surface area contributed by atoms with Gasteiger partial charge in [-0.2, -0.15) is 0 Å². The summed E-state index contributed by atoms with van der Waals surface area (Å²) in [5.74, 6) is 1.88. The van der Waals surface area contributed by atoms with Gasteiger partial charge in [0.15, 0.2) is 6.29 Å². The van der Waals surface area contributed by atoms with Crippen molar-refractivity contribution in [1.29, 1.82) is 0 Å². The molecule has 1 rings (SSSR count). The van der Waals surface area contributed by atoms with Crippen molar-refractivity contribution in [2.75, 3.05) is 52.7 Å². The molecule has 324 valence electrons. The van der Waals surface area contributed by atoms with E-state index >= 15 is 0 Å². The summed E-state index contributed by atoms with van der Waals surface area (Å²) in [7, 11) is 0. The second kappa shape index (κ2) is 35.9. The van der Waals surface area contributed by atoms with Crippen molar-refractivity contribution in [3.8, 4) is 0 Å². The highest BCUT2D eigenvalue weighted by atomic mass is 16.7. The number of ether oxygens (including phenoxy) is 4. The van der Waals surface area contributed by atoms with Crippen molar-refractivity contribution < 1.29 is 28.8 Å². The maximum Gasteiger partial charge on any atom is 0.305 e. The number of hydrogen-bond acceptors (Lipinski definition) is 7. The first-order valence-electron chi connectivity index (χ1n) is 23.2. The van der Waals surface area contributed by atoms with Crippen molar-refractivity contribution in [3.05, 3.63) is 23.3 Å². The highest BCUT2D eigenvalue weighted by molar-refractivity contribution is 5.69. The number of carbonyl (C=O) groups is 1. The van der Waals surface area contributed by atoms with Gasteiger partial charge in [0, 0.05) is 39.2 Å². The van der Waals surface area contributed by atoms with Crippen molar-refractivity contribution in [1.82, 2.24) is 4.90 Å². The van der Waals surface area contributed by atoms with Crippen molar-refractivity contribution in [2.24, 2.45) is 17.8 Å². The van der Waals surface area contributed by atoms with Gasteiger partial charge in [-0.05, 0) is 142 Å². The summed E-state index contributed by atoms with van der Waals surface area (Å²) in [5, 5.41) is 9.58. The first-order chi connectivity index (χ1) is 26.6. The van der Waals surface area contributed by atoms with Crippen LogP contribution in [0.15, 0.2) is 23.3 Å². The van der Waals surface area contributed by atoms with E-state index in [-0.39, 0.29) is 18.9 Å². The van der Waals surface area contributed by atoms with Crippen LogP contribution in [-0.2, 0) is 23.7 Å². The Bertz CT molecular complexity index is 905. The Kier molecular flexibility index (Phi) is 33.8. The second-order valence-electron chi connectivity index (χ2n) is 17.4. The molecule has 55 heavy (non-hydrogen) atoms. The van der Waals surface area contributed by atoms with Crippen molar-refractivity contribution >= 4 is 5.97 Å². The predicted molar refractivity (Wildman–Crippen MR) is 232 cm³/mol. The maximum atomic E-state index is 12.5. The number of hydrogen-bond donors (Lipinski definition) is 1. The molecule has 7 nitrogen and oxygen atoms in total. The summed E-state index contributed by atoms with van der Waals surface area (Å²) in [6, 6.07) is 0. The van der Waals surface area contributed by atoms with Gasteiger partial charge in [-0.3, -0.25) is 4.79 Å². The van der Waals surface area contributed by atoms with E-state index in [4.69, 9.17) is 18.9 Å². The predicted octanol–water partition coefficient (Wildman–Crippen LogP) is 12.4. The minimum absolute atomic E-state index is 0.115. The Hall–Kier alpha value is -1.25. The number of unbranched alkanes of at least 4 members (excludes halogenated alkanes) is 8. The molecule has 0 aliphatic heterocycles. The summed E-state index contributed by atoms with van der Waals surface area (Å²) >= 11 is 0. The van der Waals surface area contributed by atoms with E-state index in [1.54, 1.807) is 0 Å². The molecule has 1 N–H and O–H groups in total. The van der Waals surface area contributed by atoms with Crippen LogP contribution in [0.4, 0.5) is 0 Å². The summed E-state index contributed by atoms with van der Waals surface area (Å²) in [6.45, 7) is 21.2. The first-order valence-corrected chi connectivity index (χ1v) is 23.2. The fourth-order valence-corrected chi connectivity index (χ4v) is 7.69. The summed E-state index contributed by atoms with van der Waals surface area (Å²) < 4.78 is 24.3. The second-order valence-corrected chi connectivity index (χ2v) is 17.4. The highest BCUT2D eigenvalue weighted by Gasteiger charge is 2.24. The zero-order valence-corrected chi connectivity index (χ0v) is 37.4. The number of nitrogens with zero attached hydrogens (tertiary/aromatic N) is 1. The van der Waals surface area contributed by atoms with Crippen LogP contribution in [0.25, 0.3) is 0 Å². The van der Waals surface area contributed by atoms with Gasteiger partial charge in [0.05, 0.1) is 19.3 Å². The molecular formula is C48H91NO6. The average Bonchev–Trinajstić information content (AvgIpc) is 3.68. The molecule has 1 aliphatic rings. The third kappa shape index (κ3) is 31.4. The minimum atomic E-state index is -0.335. The van der Waals surface area contributed by atoms with Crippen LogP contribution >= 0.6 is 0 Å². The SMILES string of the molecule is CCC(OCCCCCCCN(CCO)CCCCCCCC(=O)OCCC(OCCC(C)CCC=C(C)C)OCCC(C)CCC=C(C)C)C1CCCC1. The fraction of sp³-hybridized carbons (Fsp3) is 0.896. The quantitative estimate of drug-likeness (QED) is 0.0289. The molecule has 1 aliphatic carbocycles. The first kappa shape index (κ1) is 51.8. The zero-order valence-electron chi connectivity index (χ0n) is 37.4. The molecule has 0 aromatic carbocycles. The third-order valence-corrected chi connectivity index (χ3v) is 11.4. The number of aliphatic hydroxyl groups is 1. The van der Waals surface area contributed by atoms with Crippen molar-refractivity contribution in [2.45, 2.75) is 209 Å². The molecule has 0 aromatic rings. The lowest BCUT2D eigenvalue weighted by atomic mass is 9.99. The molecule has 3 unspecified atom stereocenters. The van der Waals surface area contributed by atoms with Crippen LogP contribution in [0, 0.1) is 17.8 Å². The Morgan fingerprint density at radius 3 is 1.71 bits per heavy atom. The van der Waals surface area contributed by atoms with E-state index in [1.807, 2.05) is 0 Å². The minimum Gasteiger partial charge on any atom is -0.465 e. The lowest BCUT2D eigenvalue weighted by Crippen LogP contribution is -2.29. The van der Waals surface area contributed by atoms with Crippen molar-refractivity contribution in [3.63, 3.8) is 0 Å². The third-order valence-electron chi connectivity index (χ3n) is 11.4. The number of carbonyl (C=O) groups excluding carboxylic acids is 1. The largest absolute Gasteiger partial charge is 0.465 e. The molecule has 1 saturated carbocycles. The monoisotopic (exact) mass is 778 g/mol. The van der Waals surface area contributed by atoms with E-state index in [2.05, 4.69) is 65.5 Å². The molecule has 0 aromatic heterocycles. The lowest BCUT2D eigenvalue weighted by Gasteiger charge is -2.22. The Balaban J connectivity index is 2.20. The van der Waals surface area contributed by atoms with E-state index in [0.29, 0.717) is 50.6 Å². The zero-order chi connectivity index (χ0) is 40.4. The number of allylic oxidation sites excluding steroid dienone is 4. The fourth-order valence-electron chi connectivity index (χ4n) is 7.69. The van der Waals surface area contributed by atoms with Gasteiger partial charge in [0.1, 0.15) is 0 Å². The molecular weight excluding hydrogens is 687 g/mol. The van der Waals surface area contributed by atoms with Gasteiger partial charge in [-0.1, -0.05) is 95.4 Å². The molecule has 0 saturated heterocycles. The number of aliphatic hydroxyl groups excluding tert-OH is 1. The average molecular weight is 778 g/mol. The maximum absolute atomic E-state index is 12.5. The standard InChI is InChI=1S/C48H91NO6/c1-8-46(45-27-16-17-28-45)52-37-20-14-10-13-19-34-49(35-36-50)33-18-12-9-11-15-29-47(51)53-40-32-48(54-38-30-43(6)25-21-23-41(2)3)55-39-31-44(7)26-22-24-42(4)5/h23-24,43-46,48,50H,8-22,25-40H2,1-7H3. The summed E-state index contributed by atoms with van der Waals surface area (Å²) in [4.78, 5) is 14.9. The summed E-state index contributed by atoms with van der Waals surface area (Å²) in [5.41, 5.74) is 2.75. The molecule has 0 spiro atoms. The Labute approximate surface area is 341 Å². The normalized spacial score (nSPS) is 15.6. The van der Waals surface area contributed by atoms with Gasteiger partial charge in [0.25, 0.3) is 0 Å². The van der Waals surface area contributed by atoms with E-state index in [9.17, 15) is 9.90 Å². The van der Waals surface area contributed by atoms with Gasteiger partial charge < -0.3 is 29.0 Å². The van der Waals surface area contributed by atoms with E-state index in [0.717, 1.165) is 96.4 Å². The molecule has 0 bridgehead atoms. The van der Waals surface area contributed by atoms with Crippen LogP contribution in [0.5, 0.6) is 0 Å². The molecule has 0 amide bonds. The number of esters is 1. The van der Waals surface area contributed by atoms with Gasteiger partial charge in [-0.15, -0.1) is 0 Å². The Morgan fingerprint density at radius 2 is 1.18 bits per heavy atom. The van der Waals surface area contributed by atoms with Crippen LogP contribution < -0.4 is 0 Å². The van der Waals surface area contributed by atoms with Crippen LogP contribution in [0.3, 0.4) is 0 Å². The molecule has 7 heteroatoms. The molecule has 3 atom stereocenters. The smallest absolute Gasteiger partial charge is 0.305 e. The van der Waals surface area contributed by atoms with Crippen LogP contribution in [-0.4, -0.2) is 81.0 Å². The van der Waals surface area contributed by atoms with E-state index in [1.165, 1.54) is 81.8 Å². The Morgan fingerprint density at radius 1 is 0.655 bits per heavy atom. The topological polar surface area (TPSA) is 77.5 Å².